The maximum atomic E-state index is 13.2. The molecule has 1 aliphatic rings. The van der Waals surface area contributed by atoms with Gasteiger partial charge in [-0.1, -0.05) is 29.8 Å². The van der Waals surface area contributed by atoms with Gasteiger partial charge in [0.05, 0.1) is 26.0 Å². The molecule has 0 radical (unpaired) electrons. The molecule has 2 N–H and O–H groups in total. The van der Waals surface area contributed by atoms with Gasteiger partial charge < -0.3 is 14.8 Å². The van der Waals surface area contributed by atoms with Crippen molar-refractivity contribution in [1.29, 1.82) is 0 Å². The second kappa shape index (κ2) is 9.74. The minimum Gasteiger partial charge on any atom is -0.495 e. The number of amides is 1. The highest BCUT2D eigenvalue weighted by Gasteiger charge is 2.30. The molecular weight excluding hydrogens is 444 g/mol. The number of benzene rings is 2. The van der Waals surface area contributed by atoms with Gasteiger partial charge in [0.1, 0.15) is 16.3 Å². The minimum absolute atomic E-state index is 0.0535. The third-order valence-corrected chi connectivity index (χ3v) is 7.36. The Balaban J connectivity index is 1.54. The van der Waals surface area contributed by atoms with Crippen molar-refractivity contribution in [1.82, 2.24) is 19.8 Å². The first-order chi connectivity index (χ1) is 15.9. The van der Waals surface area contributed by atoms with Crippen LogP contribution in [0.1, 0.15) is 21.6 Å². The molecule has 0 spiro atoms. The topological polar surface area (TPSA) is 114 Å². The molecule has 2 heterocycles. The van der Waals surface area contributed by atoms with E-state index < -0.39 is 10.0 Å². The van der Waals surface area contributed by atoms with E-state index in [1.807, 2.05) is 31.2 Å². The van der Waals surface area contributed by atoms with Gasteiger partial charge >= 0.3 is 0 Å². The first kappa shape index (κ1) is 23.0. The molecule has 4 rings (SSSR count). The zero-order valence-electron chi connectivity index (χ0n) is 18.5. The van der Waals surface area contributed by atoms with E-state index in [-0.39, 0.29) is 35.3 Å². The van der Waals surface area contributed by atoms with Gasteiger partial charge in [0, 0.05) is 25.2 Å². The summed E-state index contributed by atoms with van der Waals surface area (Å²) >= 11 is 0. The van der Waals surface area contributed by atoms with Crippen LogP contribution in [0.4, 0.5) is 0 Å². The molecule has 33 heavy (non-hydrogen) atoms. The van der Waals surface area contributed by atoms with E-state index in [0.29, 0.717) is 31.0 Å². The lowest BCUT2D eigenvalue weighted by atomic mass is 10.1. The molecule has 0 bridgehead atoms. The minimum atomic E-state index is -3.78. The highest BCUT2D eigenvalue weighted by atomic mass is 32.2. The molecule has 1 aliphatic heterocycles. The van der Waals surface area contributed by atoms with Gasteiger partial charge in [0.25, 0.3) is 5.91 Å². The van der Waals surface area contributed by atoms with Crippen LogP contribution < -0.4 is 10.1 Å². The molecule has 0 unspecified atom stereocenters. The number of rotatable bonds is 7. The van der Waals surface area contributed by atoms with Crippen LogP contribution >= 0.6 is 0 Å². The van der Waals surface area contributed by atoms with Gasteiger partial charge in [-0.25, -0.2) is 8.42 Å². The summed E-state index contributed by atoms with van der Waals surface area (Å²) in [6.45, 7) is 3.65. The maximum absolute atomic E-state index is 13.2. The van der Waals surface area contributed by atoms with E-state index in [4.69, 9.17) is 9.47 Å². The Morgan fingerprint density at radius 3 is 2.58 bits per heavy atom. The number of aromatic amines is 1. The predicted molar refractivity (Wildman–Crippen MR) is 123 cm³/mol. The number of hydrogen-bond donors (Lipinski definition) is 2. The molecule has 0 saturated carbocycles. The lowest BCUT2D eigenvalue weighted by molar-refractivity contribution is 0.0729. The van der Waals surface area contributed by atoms with Crippen molar-refractivity contribution >= 4 is 15.9 Å². The summed E-state index contributed by atoms with van der Waals surface area (Å²) in [7, 11) is -2.35. The Morgan fingerprint density at radius 2 is 1.88 bits per heavy atom. The fourth-order valence-electron chi connectivity index (χ4n) is 3.53. The molecule has 1 saturated heterocycles. The van der Waals surface area contributed by atoms with Gasteiger partial charge in [-0.05, 0) is 36.8 Å². The maximum Gasteiger partial charge on any atom is 0.269 e. The summed E-state index contributed by atoms with van der Waals surface area (Å²) in [5.41, 5.74) is 3.43. The van der Waals surface area contributed by atoms with Crippen LogP contribution in [0.15, 0.2) is 53.4 Å². The standard InChI is InChI=1S/C23H26N4O5S/c1-16-3-5-17(6-4-16)15-24-23(28)20-14-19(25-26-20)18-7-8-21(31-2)22(13-18)33(29,30)27-9-11-32-12-10-27/h3-8,13-14H,9-12,15H2,1-2H3,(H,24,28)(H,25,26). The summed E-state index contributed by atoms with van der Waals surface area (Å²) in [6.07, 6.45) is 0. The number of aryl methyl sites for hydroxylation is 1. The number of methoxy groups -OCH3 is 1. The molecule has 3 aromatic rings. The van der Waals surface area contributed by atoms with Crippen molar-refractivity contribution in [3.05, 3.63) is 65.4 Å². The Labute approximate surface area is 192 Å². The Kier molecular flexibility index (Phi) is 6.77. The van der Waals surface area contributed by atoms with Crippen LogP contribution in [0, 0.1) is 6.92 Å². The number of aromatic nitrogens is 2. The molecule has 1 amide bonds. The van der Waals surface area contributed by atoms with Crippen molar-refractivity contribution in [3.8, 4) is 17.0 Å². The van der Waals surface area contributed by atoms with Crippen LogP contribution in [0.5, 0.6) is 5.75 Å². The van der Waals surface area contributed by atoms with E-state index >= 15 is 0 Å². The molecule has 2 aromatic carbocycles. The monoisotopic (exact) mass is 470 g/mol. The lowest BCUT2D eigenvalue weighted by Gasteiger charge is -2.26. The fourth-order valence-corrected chi connectivity index (χ4v) is 5.12. The lowest BCUT2D eigenvalue weighted by Crippen LogP contribution is -2.40. The molecule has 10 heteroatoms. The number of nitrogens with zero attached hydrogens (tertiary/aromatic N) is 2. The normalized spacial score (nSPS) is 14.7. The van der Waals surface area contributed by atoms with Crippen molar-refractivity contribution < 1.29 is 22.7 Å². The van der Waals surface area contributed by atoms with Crippen molar-refractivity contribution in [2.45, 2.75) is 18.4 Å². The van der Waals surface area contributed by atoms with Gasteiger partial charge in [-0.15, -0.1) is 0 Å². The molecule has 174 valence electrons. The zero-order chi connectivity index (χ0) is 23.4. The average Bonchev–Trinajstić information content (AvgIpc) is 3.34. The van der Waals surface area contributed by atoms with Crippen molar-refractivity contribution in [2.24, 2.45) is 0 Å². The second-order valence-corrected chi connectivity index (χ2v) is 9.62. The third kappa shape index (κ3) is 5.08. The number of H-pyrrole nitrogens is 1. The summed E-state index contributed by atoms with van der Waals surface area (Å²) < 4.78 is 38.4. The molecule has 1 aromatic heterocycles. The van der Waals surface area contributed by atoms with Crippen LogP contribution in [-0.4, -0.2) is 62.2 Å². The molecular formula is C23H26N4O5S. The summed E-state index contributed by atoms with van der Waals surface area (Å²) in [4.78, 5) is 12.6. The first-order valence-corrected chi connectivity index (χ1v) is 12.0. The molecule has 0 aliphatic carbocycles. The van der Waals surface area contributed by atoms with E-state index in [1.165, 1.54) is 17.5 Å². The van der Waals surface area contributed by atoms with E-state index in [9.17, 15) is 13.2 Å². The zero-order valence-corrected chi connectivity index (χ0v) is 19.3. The third-order valence-electron chi connectivity index (χ3n) is 5.44. The van der Waals surface area contributed by atoms with Gasteiger partial charge in [-0.2, -0.15) is 9.40 Å². The fraction of sp³-hybridized carbons (Fsp3) is 0.304. The SMILES string of the molecule is COc1ccc(-c2cc(C(=O)NCc3ccc(C)cc3)[nH]n2)cc1S(=O)(=O)N1CCOCC1. The number of sulfonamides is 1. The van der Waals surface area contributed by atoms with Crippen molar-refractivity contribution in [3.63, 3.8) is 0 Å². The number of carbonyl (C=O) groups is 1. The predicted octanol–water partition coefficient (Wildman–Crippen LogP) is 2.34. The van der Waals surface area contributed by atoms with Crippen LogP contribution in [0.2, 0.25) is 0 Å². The largest absolute Gasteiger partial charge is 0.495 e. The molecule has 0 atom stereocenters. The van der Waals surface area contributed by atoms with Gasteiger partial charge in [0.15, 0.2) is 0 Å². The van der Waals surface area contributed by atoms with Crippen LogP contribution in [0.3, 0.4) is 0 Å². The molecule has 9 nitrogen and oxygen atoms in total. The summed E-state index contributed by atoms with van der Waals surface area (Å²) in [5, 5.41) is 9.79. The number of nitrogens with one attached hydrogen (secondary N) is 2. The number of ether oxygens (including phenoxy) is 2. The summed E-state index contributed by atoms with van der Waals surface area (Å²) in [5.74, 6) is -0.0548. The van der Waals surface area contributed by atoms with E-state index in [2.05, 4.69) is 15.5 Å². The van der Waals surface area contributed by atoms with Gasteiger partial charge in [0.2, 0.25) is 10.0 Å². The number of carbonyl (C=O) groups excluding carboxylic acids is 1. The second-order valence-electron chi connectivity index (χ2n) is 7.72. The van der Waals surface area contributed by atoms with Crippen LogP contribution in [0.25, 0.3) is 11.3 Å². The van der Waals surface area contributed by atoms with E-state index in [1.54, 1.807) is 18.2 Å². The van der Waals surface area contributed by atoms with E-state index in [0.717, 1.165) is 11.1 Å². The Hall–Kier alpha value is -3.21. The number of morpholine rings is 1. The Morgan fingerprint density at radius 1 is 1.15 bits per heavy atom. The highest BCUT2D eigenvalue weighted by Crippen LogP contribution is 2.31. The van der Waals surface area contributed by atoms with Gasteiger partial charge in [-0.3, -0.25) is 9.89 Å². The number of hydrogen-bond acceptors (Lipinski definition) is 6. The summed E-state index contributed by atoms with van der Waals surface area (Å²) in [6, 6.07) is 14.3. The highest BCUT2D eigenvalue weighted by molar-refractivity contribution is 7.89. The molecule has 1 fully saturated rings. The van der Waals surface area contributed by atoms with Crippen LogP contribution in [-0.2, 0) is 21.3 Å². The first-order valence-electron chi connectivity index (χ1n) is 10.5. The Bertz CT molecular complexity index is 1230. The smallest absolute Gasteiger partial charge is 0.269 e. The van der Waals surface area contributed by atoms with Crippen molar-refractivity contribution in [2.75, 3.05) is 33.4 Å². The average molecular weight is 471 g/mol. The quantitative estimate of drug-likeness (QED) is 0.548.